The summed E-state index contributed by atoms with van der Waals surface area (Å²) in [6, 6.07) is 6.99. The number of rotatable bonds is 7. The number of hydrogen-bond acceptors (Lipinski definition) is 9. The fraction of sp³-hybridized carbons (Fsp3) is 0.348. The molecule has 1 aliphatic rings. The lowest BCUT2D eigenvalue weighted by atomic mass is 10.1. The molecule has 178 valence electrons. The summed E-state index contributed by atoms with van der Waals surface area (Å²) in [5.41, 5.74) is 0.657. The highest BCUT2D eigenvalue weighted by Gasteiger charge is 2.29. The largest absolute Gasteiger partial charge is 0.484 e. The van der Waals surface area contributed by atoms with Crippen LogP contribution in [0.1, 0.15) is 5.56 Å². The van der Waals surface area contributed by atoms with Gasteiger partial charge in [-0.05, 0) is 30.7 Å². The third kappa shape index (κ3) is 5.31. The van der Waals surface area contributed by atoms with Gasteiger partial charge in [0, 0.05) is 56.1 Å². The van der Waals surface area contributed by atoms with Crippen LogP contribution in [0.4, 0.5) is 5.95 Å². The van der Waals surface area contributed by atoms with Gasteiger partial charge in [-0.2, -0.15) is 0 Å². The van der Waals surface area contributed by atoms with Crippen LogP contribution < -0.4 is 20.6 Å². The van der Waals surface area contributed by atoms with Crippen LogP contribution in [0.15, 0.2) is 51.9 Å². The smallest absolute Gasteiger partial charge is 0.336 e. The molecule has 1 fully saturated rings. The van der Waals surface area contributed by atoms with Gasteiger partial charge in [0.05, 0.1) is 6.61 Å². The third-order valence-corrected chi connectivity index (χ3v) is 5.53. The quantitative estimate of drug-likeness (QED) is 0.463. The number of piperazine rings is 1. The van der Waals surface area contributed by atoms with Gasteiger partial charge >= 0.3 is 5.63 Å². The molecule has 3 heterocycles. The number of aliphatic hydroxyl groups excluding tert-OH is 1. The first-order chi connectivity index (χ1) is 16.4. The Labute approximate surface area is 195 Å². The van der Waals surface area contributed by atoms with E-state index in [2.05, 4.69) is 15.3 Å². The topological polar surface area (TPSA) is 138 Å². The maximum absolute atomic E-state index is 12.8. The lowest BCUT2D eigenvalue weighted by Crippen LogP contribution is -2.56. The van der Waals surface area contributed by atoms with Crippen molar-refractivity contribution in [1.29, 1.82) is 0 Å². The van der Waals surface area contributed by atoms with E-state index in [4.69, 9.17) is 9.15 Å². The molecule has 1 aromatic carbocycles. The fourth-order valence-electron chi connectivity index (χ4n) is 3.77. The van der Waals surface area contributed by atoms with Crippen molar-refractivity contribution in [1.82, 2.24) is 20.2 Å². The second-order valence-corrected chi connectivity index (χ2v) is 7.86. The number of carbonyl (C=O) groups excluding carboxylic acids is 2. The molecule has 34 heavy (non-hydrogen) atoms. The third-order valence-electron chi connectivity index (χ3n) is 5.53. The highest BCUT2D eigenvalue weighted by Crippen LogP contribution is 2.22. The van der Waals surface area contributed by atoms with Gasteiger partial charge in [-0.1, -0.05) is 0 Å². The Morgan fingerprint density at radius 2 is 1.91 bits per heavy atom. The average molecular weight is 467 g/mol. The number of nitrogens with zero attached hydrogens (tertiary/aromatic N) is 4. The van der Waals surface area contributed by atoms with Crippen molar-refractivity contribution in [2.75, 3.05) is 44.3 Å². The van der Waals surface area contributed by atoms with Crippen LogP contribution >= 0.6 is 0 Å². The van der Waals surface area contributed by atoms with E-state index < -0.39 is 24.2 Å². The standard InChI is InChI=1S/C23H25N5O6/c1-15-11-21(31)34-19-12-16(3-4-17(15)19)33-14-20(30)26-18(13-29)22(32)27-7-9-28(10-8-27)23-24-5-2-6-25-23/h2-6,11-12,18,29H,7-10,13-14H2,1H3,(H,26,30)/t18-/m0/s1. The summed E-state index contributed by atoms with van der Waals surface area (Å²) >= 11 is 0. The van der Waals surface area contributed by atoms with Crippen LogP contribution in [0, 0.1) is 6.92 Å². The molecule has 4 rings (SSSR count). The lowest BCUT2D eigenvalue weighted by molar-refractivity contribution is -0.138. The number of fused-ring (bicyclic) bond motifs is 1. The van der Waals surface area contributed by atoms with Gasteiger partial charge in [0.1, 0.15) is 17.4 Å². The predicted octanol–water partition coefficient (Wildman–Crippen LogP) is 0.0961. The van der Waals surface area contributed by atoms with Gasteiger partial charge in [0.2, 0.25) is 11.9 Å². The van der Waals surface area contributed by atoms with Gasteiger partial charge in [-0.15, -0.1) is 0 Å². The summed E-state index contributed by atoms with van der Waals surface area (Å²) in [6.07, 6.45) is 3.32. The molecule has 1 saturated heterocycles. The van der Waals surface area contributed by atoms with E-state index >= 15 is 0 Å². The molecule has 0 unspecified atom stereocenters. The van der Waals surface area contributed by atoms with Crippen molar-refractivity contribution in [3.63, 3.8) is 0 Å². The van der Waals surface area contributed by atoms with E-state index in [0.717, 1.165) is 10.9 Å². The Hall–Kier alpha value is -3.99. The molecule has 0 spiro atoms. The maximum Gasteiger partial charge on any atom is 0.336 e. The molecular weight excluding hydrogens is 442 g/mol. The minimum absolute atomic E-state index is 0.336. The van der Waals surface area contributed by atoms with Crippen molar-refractivity contribution >= 4 is 28.7 Å². The molecule has 1 atom stereocenters. The first-order valence-corrected chi connectivity index (χ1v) is 10.8. The predicted molar refractivity (Wildman–Crippen MR) is 123 cm³/mol. The molecular formula is C23H25N5O6. The second-order valence-electron chi connectivity index (χ2n) is 7.86. The summed E-state index contributed by atoms with van der Waals surface area (Å²) < 4.78 is 10.7. The number of ether oxygens (including phenoxy) is 1. The molecule has 0 aliphatic carbocycles. The number of benzene rings is 1. The van der Waals surface area contributed by atoms with Gasteiger partial charge in [0.25, 0.3) is 5.91 Å². The van der Waals surface area contributed by atoms with Crippen LogP contribution in [0.3, 0.4) is 0 Å². The first-order valence-electron chi connectivity index (χ1n) is 10.8. The van der Waals surface area contributed by atoms with E-state index in [0.29, 0.717) is 43.5 Å². The van der Waals surface area contributed by atoms with Crippen molar-refractivity contribution in [3.8, 4) is 5.75 Å². The SMILES string of the molecule is Cc1cc(=O)oc2cc(OCC(=O)N[C@@H](CO)C(=O)N3CCN(c4ncccn4)CC3)ccc12. The second kappa shape index (κ2) is 10.3. The normalized spacial score (nSPS) is 14.6. The summed E-state index contributed by atoms with van der Waals surface area (Å²) in [5, 5.41) is 13.0. The Morgan fingerprint density at radius 3 is 2.62 bits per heavy atom. The molecule has 0 saturated carbocycles. The molecule has 1 aliphatic heterocycles. The van der Waals surface area contributed by atoms with Crippen molar-refractivity contribution in [2.24, 2.45) is 0 Å². The average Bonchev–Trinajstić information content (AvgIpc) is 2.86. The number of aryl methyl sites for hydroxylation is 1. The first kappa shape index (κ1) is 23.2. The Balaban J connectivity index is 1.30. The van der Waals surface area contributed by atoms with Gasteiger partial charge in [0.15, 0.2) is 6.61 Å². The molecule has 0 radical (unpaired) electrons. The zero-order chi connectivity index (χ0) is 24.1. The minimum atomic E-state index is -1.08. The zero-order valence-corrected chi connectivity index (χ0v) is 18.6. The van der Waals surface area contributed by atoms with Gasteiger partial charge in [-0.3, -0.25) is 9.59 Å². The van der Waals surface area contributed by atoms with Crippen LogP contribution in [-0.4, -0.2) is 77.2 Å². The number of hydrogen-bond donors (Lipinski definition) is 2. The highest BCUT2D eigenvalue weighted by atomic mass is 16.5. The van der Waals surface area contributed by atoms with E-state index in [1.807, 2.05) is 4.90 Å². The zero-order valence-electron chi connectivity index (χ0n) is 18.6. The molecule has 2 N–H and O–H groups in total. The molecule has 11 heteroatoms. The summed E-state index contributed by atoms with van der Waals surface area (Å²) in [7, 11) is 0. The number of nitrogens with one attached hydrogen (secondary N) is 1. The van der Waals surface area contributed by atoms with Crippen LogP contribution in [0.2, 0.25) is 0 Å². The molecule has 11 nitrogen and oxygen atoms in total. The number of aliphatic hydroxyl groups is 1. The van der Waals surface area contributed by atoms with E-state index in [-0.39, 0.29) is 12.5 Å². The Bertz CT molecular complexity index is 1220. The molecule has 3 aromatic rings. The summed E-state index contributed by atoms with van der Waals surface area (Å²) in [6.45, 7) is 2.82. The summed E-state index contributed by atoms with van der Waals surface area (Å²) in [4.78, 5) is 48.7. The highest BCUT2D eigenvalue weighted by molar-refractivity contribution is 5.88. The lowest BCUT2D eigenvalue weighted by Gasteiger charge is -2.36. The minimum Gasteiger partial charge on any atom is -0.484 e. The van der Waals surface area contributed by atoms with Crippen LogP contribution in [0.25, 0.3) is 11.0 Å². The van der Waals surface area contributed by atoms with Crippen LogP contribution in [0.5, 0.6) is 5.75 Å². The Kier molecular flexibility index (Phi) is 7.02. The van der Waals surface area contributed by atoms with Gasteiger partial charge in [-0.25, -0.2) is 14.8 Å². The monoisotopic (exact) mass is 467 g/mol. The number of anilines is 1. The van der Waals surface area contributed by atoms with Gasteiger partial charge < -0.3 is 29.4 Å². The van der Waals surface area contributed by atoms with Crippen molar-refractivity contribution in [3.05, 3.63) is 58.7 Å². The maximum atomic E-state index is 12.8. The van der Waals surface area contributed by atoms with E-state index in [1.54, 1.807) is 42.4 Å². The van der Waals surface area contributed by atoms with E-state index in [9.17, 15) is 19.5 Å². The van der Waals surface area contributed by atoms with Crippen LogP contribution in [-0.2, 0) is 9.59 Å². The molecule has 2 aromatic heterocycles. The van der Waals surface area contributed by atoms with Crippen molar-refractivity contribution < 1.29 is 23.8 Å². The van der Waals surface area contributed by atoms with Crippen molar-refractivity contribution in [2.45, 2.75) is 13.0 Å². The van der Waals surface area contributed by atoms with E-state index in [1.165, 1.54) is 12.1 Å². The molecule has 2 amide bonds. The number of aromatic nitrogens is 2. The Morgan fingerprint density at radius 1 is 1.18 bits per heavy atom. The number of amides is 2. The summed E-state index contributed by atoms with van der Waals surface area (Å²) in [5.74, 6) is 0.00589. The number of carbonyl (C=O) groups is 2. The molecule has 0 bridgehead atoms. The fourth-order valence-corrected chi connectivity index (χ4v) is 3.77.